The van der Waals surface area contributed by atoms with Gasteiger partial charge in [-0.3, -0.25) is 4.79 Å². The van der Waals surface area contributed by atoms with Gasteiger partial charge in [0.15, 0.2) is 0 Å². The SMILES string of the molecule is COc1ccc(C(=O)Oc2cccc(C=NNC(=O)c3ccccc3-n3cccc3)c2)cc1. The number of hydrazone groups is 1. The number of nitrogens with one attached hydrogen (secondary N) is 1. The Labute approximate surface area is 190 Å². The molecule has 0 spiro atoms. The highest BCUT2D eigenvalue weighted by molar-refractivity contribution is 5.98. The lowest BCUT2D eigenvalue weighted by molar-refractivity contribution is 0.0734. The molecule has 0 bridgehead atoms. The third-order valence-electron chi connectivity index (χ3n) is 4.81. The van der Waals surface area contributed by atoms with Crippen LogP contribution in [0, 0.1) is 0 Å². The highest BCUT2D eigenvalue weighted by Crippen LogP contribution is 2.17. The summed E-state index contributed by atoms with van der Waals surface area (Å²) in [4.78, 5) is 25.0. The van der Waals surface area contributed by atoms with Crippen molar-refractivity contribution in [2.45, 2.75) is 0 Å². The number of esters is 1. The Morgan fingerprint density at radius 1 is 0.879 bits per heavy atom. The van der Waals surface area contributed by atoms with E-state index in [1.165, 1.54) is 6.21 Å². The van der Waals surface area contributed by atoms with Crippen molar-refractivity contribution in [2.24, 2.45) is 5.10 Å². The number of hydrogen-bond acceptors (Lipinski definition) is 5. The van der Waals surface area contributed by atoms with Crippen LogP contribution in [0.3, 0.4) is 0 Å². The second-order valence-corrected chi connectivity index (χ2v) is 7.00. The zero-order chi connectivity index (χ0) is 23.0. The van der Waals surface area contributed by atoms with Gasteiger partial charge in [0.2, 0.25) is 0 Å². The van der Waals surface area contributed by atoms with E-state index in [1.807, 2.05) is 41.2 Å². The summed E-state index contributed by atoms with van der Waals surface area (Å²) in [5.41, 5.74) is 4.86. The van der Waals surface area contributed by atoms with Gasteiger partial charge in [0, 0.05) is 12.4 Å². The van der Waals surface area contributed by atoms with E-state index in [0.29, 0.717) is 28.2 Å². The molecule has 7 nitrogen and oxygen atoms in total. The second kappa shape index (κ2) is 10.1. The molecule has 1 amide bonds. The standard InChI is InChI=1S/C26H21N3O4/c1-32-21-13-11-20(12-14-21)26(31)33-22-8-6-7-19(17-22)18-27-28-25(30)23-9-2-3-10-24(23)29-15-4-5-16-29/h2-18H,1H3,(H,28,30). The minimum Gasteiger partial charge on any atom is -0.497 e. The van der Waals surface area contributed by atoms with Gasteiger partial charge in [0.1, 0.15) is 11.5 Å². The van der Waals surface area contributed by atoms with Crippen LogP contribution in [-0.2, 0) is 0 Å². The van der Waals surface area contributed by atoms with Gasteiger partial charge in [-0.2, -0.15) is 5.10 Å². The first kappa shape index (κ1) is 21.6. The van der Waals surface area contributed by atoms with Crippen molar-refractivity contribution >= 4 is 18.1 Å². The van der Waals surface area contributed by atoms with Crippen molar-refractivity contribution in [3.8, 4) is 17.2 Å². The van der Waals surface area contributed by atoms with Crippen molar-refractivity contribution in [2.75, 3.05) is 7.11 Å². The lowest BCUT2D eigenvalue weighted by Gasteiger charge is -2.09. The Balaban J connectivity index is 1.41. The first-order valence-electron chi connectivity index (χ1n) is 10.2. The number of rotatable bonds is 7. The zero-order valence-electron chi connectivity index (χ0n) is 17.8. The highest BCUT2D eigenvalue weighted by Gasteiger charge is 2.11. The molecule has 0 radical (unpaired) electrons. The van der Waals surface area contributed by atoms with E-state index in [-0.39, 0.29) is 5.91 Å². The summed E-state index contributed by atoms with van der Waals surface area (Å²) in [6.07, 6.45) is 5.23. The minimum atomic E-state index is -0.485. The van der Waals surface area contributed by atoms with Gasteiger partial charge in [0.25, 0.3) is 5.91 Å². The summed E-state index contributed by atoms with van der Waals surface area (Å²) < 4.78 is 12.4. The summed E-state index contributed by atoms with van der Waals surface area (Å²) in [7, 11) is 1.56. The van der Waals surface area contributed by atoms with Gasteiger partial charge in [0.05, 0.1) is 30.1 Å². The molecule has 0 saturated heterocycles. The molecule has 7 heteroatoms. The molecule has 1 N–H and O–H groups in total. The molecule has 1 aromatic heterocycles. The number of methoxy groups -OCH3 is 1. The number of aromatic nitrogens is 1. The number of benzene rings is 3. The quantitative estimate of drug-likeness (QED) is 0.199. The van der Waals surface area contributed by atoms with Gasteiger partial charge in [-0.05, 0) is 66.2 Å². The van der Waals surface area contributed by atoms with Crippen LogP contribution in [0.15, 0.2) is 102 Å². The lowest BCUT2D eigenvalue weighted by Crippen LogP contribution is -2.19. The van der Waals surface area contributed by atoms with Gasteiger partial charge in [-0.25, -0.2) is 10.2 Å². The van der Waals surface area contributed by atoms with E-state index in [4.69, 9.17) is 9.47 Å². The summed E-state index contributed by atoms with van der Waals surface area (Å²) in [5.74, 6) is 0.200. The van der Waals surface area contributed by atoms with E-state index >= 15 is 0 Å². The molecule has 0 atom stereocenters. The predicted molar refractivity (Wildman–Crippen MR) is 125 cm³/mol. The third-order valence-corrected chi connectivity index (χ3v) is 4.81. The number of amides is 1. The molecule has 0 unspecified atom stereocenters. The largest absolute Gasteiger partial charge is 0.497 e. The van der Waals surface area contributed by atoms with Crippen molar-refractivity contribution in [3.63, 3.8) is 0 Å². The van der Waals surface area contributed by atoms with Crippen molar-refractivity contribution in [1.82, 2.24) is 9.99 Å². The summed E-state index contributed by atoms with van der Waals surface area (Å²) in [6, 6.07) is 24.5. The average molecular weight is 439 g/mol. The molecule has 0 fully saturated rings. The van der Waals surface area contributed by atoms with Crippen molar-refractivity contribution in [1.29, 1.82) is 0 Å². The molecule has 0 saturated carbocycles. The van der Waals surface area contributed by atoms with Crippen LogP contribution in [0.5, 0.6) is 11.5 Å². The van der Waals surface area contributed by atoms with Gasteiger partial charge < -0.3 is 14.0 Å². The van der Waals surface area contributed by atoms with Crippen LogP contribution in [0.25, 0.3) is 5.69 Å². The van der Waals surface area contributed by atoms with Crippen LogP contribution >= 0.6 is 0 Å². The lowest BCUT2D eigenvalue weighted by atomic mass is 10.1. The molecular weight excluding hydrogens is 418 g/mol. The Hall–Kier alpha value is -4.65. The molecule has 0 aliphatic heterocycles. The number of carbonyl (C=O) groups is 2. The first-order valence-corrected chi connectivity index (χ1v) is 10.2. The molecular formula is C26H21N3O4. The van der Waals surface area contributed by atoms with Crippen molar-refractivity contribution < 1.29 is 19.1 Å². The van der Waals surface area contributed by atoms with Crippen molar-refractivity contribution in [3.05, 3.63) is 114 Å². The number of para-hydroxylation sites is 1. The maximum Gasteiger partial charge on any atom is 0.343 e. The zero-order valence-corrected chi connectivity index (χ0v) is 17.8. The molecule has 4 rings (SSSR count). The molecule has 1 heterocycles. The van der Waals surface area contributed by atoms with E-state index in [9.17, 15) is 9.59 Å². The second-order valence-electron chi connectivity index (χ2n) is 7.00. The number of carbonyl (C=O) groups excluding carboxylic acids is 2. The Kier molecular flexibility index (Phi) is 6.61. The summed E-state index contributed by atoms with van der Waals surface area (Å²) >= 11 is 0. The molecule has 0 aliphatic rings. The maximum absolute atomic E-state index is 12.6. The molecule has 0 aliphatic carbocycles. The Morgan fingerprint density at radius 3 is 2.39 bits per heavy atom. The number of ether oxygens (including phenoxy) is 2. The molecule has 3 aromatic carbocycles. The number of hydrogen-bond donors (Lipinski definition) is 1. The predicted octanol–water partition coefficient (Wildman–Crippen LogP) is 4.47. The van der Waals surface area contributed by atoms with Crippen LogP contribution in [0.2, 0.25) is 0 Å². The Morgan fingerprint density at radius 2 is 1.64 bits per heavy atom. The molecule has 4 aromatic rings. The maximum atomic E-state index is 12.6. The van der Waals surface area contributed by atoms with Gasteiger partial charge in [-0.1, -0.05) is 24.3 Å². The topological polar surface area (TPSA) is 81.9 Å². The van der Waals surface area contributed by atoms with Crippen LogP contribution in [-0.4, -0.2) is 29.8 Å². The third kappa shape index (κ3) is 5.34. The fourth-order valence-corrected chi connectivity index (χ4v) is 3.16. The molecule has 164 valence electrons. The Bertz CT molecular complexity index is 1280. The first-order chi connectivity index (χ1) is 16.1. The monoisotopic (exact) mass is 439 g/mol. The normalized spacial score (nSPS) is 10.7. The fourth-order valence-electron chi connectivity index (χ4n) is 3.16. The van der Waals surface area contributed by atoms with E-state index in [1.54, 1.807) is 67.8 Å². The van der Waals surface area contributed by atoms with E-state index in [0.717, 1.165) is 5.69 Å². The molecule has 33 heavy (non-hydrogen) atoms. The fraction of sp³-hybridized carbons (Fsp3) is 0.0385. The minimum absolute atomic E-state index is 0.336. The van der Waals surface area contributed by atoms with Crippen LogP contribution in [0.4, 0.5) is 0 Å². The van der Waals surface area contributed by atoms with Crippen LogP contribution < -0.4 is 14.9 Å². The summed E-state index contributed by atoms with van der Waals surface area (Å²) in [6.45, 7) is 0. The summed E-state index contributed by atoms with van der Waals surface area (Å²) in [5, 5.41) is 4.05. The average Bonchev–Trinajstić information content (AvgIpc) is 3.39. The smallest absolute Gasteiger partial charge is 0.343 e. The van der Waals surface area contributed by atoms with E-state index < -0.39 is 5.97 Å². The van der Waals surface area contributed by atoms with E-state index in [2.05, 4.69) is 10.5 Å². The highest BCUT2D eigenvalue weighted by atomic mass is 16.5. The number of nitrogens with zero attached hydrogens (tertiary/aromatic N) is 2. The van der Waals surface area contributed by atoms with Gasteiger partial charge >= 0.3 is 5.97 Å². The van der Waals surface area contributed by atoms with Gasteiger partial charge in [-0.15, -0.1) is 0 Å². The van der Waals surface area contributed by atoms with Crippen LogP contribution in [0.1, 0.15) is 26.3 Å².